The molecular weight excluding hydrogens is 415 g/mol. The van der Waals surface area contributed by atoms with Crippen LogP contribution in [0, 0.1) is 10.1 Å². The van der Waals surface area contributed by atoms with E-state index in [1.807, 2.05) is 0 Å². The zero-order valence-electron chi connectivity index (χ0n) is 16.9. The predicted octanol–water partition coefficient (Wildman–Crippen LogP) is 3.97. The number of carbonyl (C=O) groups excluding carboxylic acids is 1. The smallest absolute Gasteiger partial charge is 0.416 e. The number of alkyl halides is 3. The van der Waals surface area contributed by atoms with Gasteiger partial charge in [0.25, 0.3) is 11.6 Å². The zero-order valence-corrected chi connectivity index (χ0v) is 16.9. The molecule has 3 rings (SSSR count). The van der Waals surface area contributed by atoms with E-state index in [-0.39, 0.29) is 22.9 Å². The van der Waals surface area contributed by atoms with Crippen molar-refractivity contribution >= 4 is 11.6 Å². The number of hydrogen-bond donors (Lipinski definition) is 0. The molecule has 0 aliphatic carbocycles. The summed E-state index contributed by atoms with van der Waals surface area (Å²) in [5, 5.41) is 11.1. The number of carbonyl (C=O) groups is 1. The number of non-ortho nitro benzene ring substituents is 1. The average molecular weight is 437 g/mol. The lowest BCUT2D eigenvalue weighted by molar-refractivity contribution is -0.384. The van der Waals surface area contributed by atoms with Crippen molar-refractivity contribution in [1.82, 2.24) is 9.80 Å². The molecule has 1 heterocycles. The Balaban J connectivity index is 1.67. The molecule has 31 heavy (non-hydrogen) atoms. The van der Waals surface area contributed by atoms with Gasteiger partial charge in [0.15, 0.2) is 0 Å². The predicted molar refractivity (Wildman–Crippen MR) is 107 cm³/mol. The van der Waals surface area contributed by atoms with Crippen molar-refractivity contribution in [3.8, 4) is 5.75 Å². The Kier molecular flexibility index (Phi) is 6.79. The van der Waals surface area contributed by atoms with Crippen molar-refractivity contribution in [3.05, 3.63) is 69.3 Å². The van der Waals surface area contributed by atoms with Crippen LogP contribution in [0.4, 0.5) is 18.9 Å². The van der Waals surface area contributed by atoms with Crippen LogP contribution in [0.25, 0.3) is 0 Å². The average Bonchev–Trinajstić information content (AvgIpc) is 2.98. The normalized spacial score (nSPS) is 15.4. The summed E-state index contributed by atoms with van der Waals surface area (Å²) in [6.07, 6.45) is -3.70. The van der Waals surface area contributed by atoms with Crippen LogP contribution in [0.15, 0.2) is 42.5 Å². The van der Waals surface area contributed by atoms with Crippen LogP contribution >= 0.6 is 0 Å². The van der Waals surface area contributed by atoms with Gasteiger partial charge in [-0.3, -0.25) is 19.8 Å². The van der Waals surface area contributed by atoms with Crippen LogP contribution in [0.2, 0.25) is 0 Å². The Hall–Kier alpha value is -3.14. The highest BCUT2D eigenvalue weighted by Gasteiger charge is 2.30. The summed E-state index contributed by atoms with van der Waals surface area (Å²) < 4.78 is 43.4. The summed E-state index contributed by atoms with van der Waals surface area (Å²) in [7, 11) is 1.40. The minimum atomic E-state index is -4.37. The molecule has 1 saturated heterocycles. The molecule has 1 amide bonds. The molecule has 0 saturated carbocycles. The van der Waals surface area contributed by atoms with Crippen molar-refractivity contribution in [3.63, 3.8) is 0 Å². The molecule has 0 spiro atoms. The fraction of sp³-hybridized carbons (Fsp3) is 0.381. The number of rotatable bonds is 5. The quantitative estimate of drug-likeness (QED) is 0.523. The van der Waals surface area contributed by atoms with Gasteiger partial charge in [-0.15, -0.1) is 0 Å². The number of nitro groups is 1. The summed E-state index contributed by atoms with van der Waals surface area (Å²) in [6.45, 7) is 2.54. The maximum Gasteiger partial charge on any atom is 0.416 e. The first kappa shape index (κ1) is 22.5. The minimum Gasteiger partial charge on any atom is -0.496 e. The SMILES string of the molecule is COc1ccc([N+](=O)[O-])cc1C(=O)N1CCCN(Cc2ccc(C(F)(F)F)cc2)CC1. The minimum absolute atomic E-state index is 0.132. The molecule has 7 nitrogen and oxygen atoms in total. The van der Waals surface area contributed by atoms with E-state index in [4.69, 9.17) is 4.74 Å². The van der Waals surface area contributed by atoms with Gasteiger partial charge in [-0.25, -0.2) is 0 Å². The van der Waals surface area contributed by atoms with Crippen LogP contribution in [0.5, 0.6) is 5.75 Å². The number of ether oxygens (including phenoxy) is 1. The molecule has 1 aliphatic heterocycles. The Morgan fingerprint density at radius 2 is 1.81 bits per heavy atom. The van der Waals surface area contributed by atoms with Crippen molar-refractivity contribution in [2.75, 3.05) is 33.3 Å². The zero-order chi connectivity index (χ0) is 22.6. The Labute approximate surface area is 177 Å². The molecule has 1 aliphatic rings. The fourth-order valence-electron chi connectivity index (χ4n) is 3.54. The van der Waals surface area contributed by atoms with E-state index >= 15 is 0 Å². The third-order valence-electron chi connectivity index (χ3n) is 5.19. The number of halogens is 3. The summed E-state index contributed by atoms with van der Waals surface area (Å²) in [5.74, 6) is -0.0848. The summed E-state index contributed by atoms with van der Waals surface area (Å²) in [6, 6.07) is 8.96. The van der Waals surface area contributed by atoms with E-state index in [0.29, 0.717) is 39.1 Å². The van der Waals surface area contributed by atoms with Crippen molar-refractivity contribution in [2.45, 2.75) is 19.1 Å². The van der Waals surface area contributed by atoms with Gasteiger partial charge in [0.2, 0.25) is 0 Å². The van der Waals surface area contributed by atoms with Crippen molar-refractivity contribution in [1.29, 1.82) is 0 Å². The van der Waals surface area contributed by atoms with Crippen molar-refractivity contribution in [2.24, 2.45) is 0 Å². The Morgan fingerprint density at radius 3 is 2.42 bits per heavy atom. The Morgan fingerprint density at radius 1 is 1.10 bits per heavy atom. The van der Waals surface area contributed by atoms with Gasteiger partial charge in [-0.1, -0.05) is 12.1 Å². The van der Waals surface area contributed by atoms with E-state index in [2.05, 4.69) is 4.90 Å². The fourth-order valence-corrected chi connectivity index (χ4v) is 3.54. The van der Waals surface area contributed by atoms with Crippen molar-refractivity contribution < 1.29 is 27.6 Å². The number of nitrogens with zero attached hydrogens (tertiary/aromatic N) is 3. The van der Waals surface area contributed by atoms with Gasteiger partial charge in [0.05, 0.1) is 23.2 Å². The molecule has 0 bridgehead atoms. The third-order valence-corrected chi connectivity index (χ3v) is 5.19. The highest BCUT2D eigenvalue weighted by Crippen LogP contribution is 2.29. The second kappa shape index (κ2) is 9.34. The van der Waals surface area contributed by atoms with Gasteiger partial charge in [0.1, 0.15) is 5.75 Å². The number of nitro benzene ring substituents is 1. The van der Waals surface area contributed by atoms with Gasteiger partial charge in [-0.2, -0.15) is 13.2 Å². The lowest BCUT2D eigenvalue weighted by atomic mass is 10.1. The number of benzene rings is 2. The summed E-state index contributed by atoms with van der Waals surface area (Å²) in [5.41, 5.74) is 0.0127. The first-order valence-corrected chi connectivity index (χ1v) is 9.69. The second-order valence-electron chi connectivity index (χ2n) is 7.26. The van der Waals surface area contributed by atoms with E-state index in [1.54, 1.807) is 4.90 Å². The van der Waals surface area contributed by atoms with Crippen LogP contribution in [0.1, 0.15) is 27.9 Å². The lowest BCUT2D eigenvalue weighted by Crippen LogP contribution is -2.35. The van der Waals surface area contributed by atoms with Gasteiger partial charge in [-0.05, 0) is 30.2 Å². The molecule has 0 radical (unpaired) electrons. The van der Waals surface area contributed by atoms with E-state index in [9.17, 15) is 28.1 Å². The molecule has 2 aromatic rings. The molecule has 2 aromatic carbocycles. The molecule has 0 atom stereocenters. The maximum atomic E-state index is 13.0. The molecule has 10 heteroatoms. The van der Waals surface area contributed by atoms with E-state index in [1.165, 1.54) is 37.4 Å². The molecular formula is C21H22F3N3O4. The monoisotopic (exact) mass is 437 g/mol. The number of amides is 1. The van der Waals surface area contributed by atoms with Crippen LogP contribution in [0.3, 0.4) is 0 Å². The van der Waals surface area contributed by atoms with Gasteiger partial charge in [0, 0.05) is 44.9 Å². The van der Waals surface area contributed by atoms with Crippen LogP contribution in [-0.2, 0) is 12.7 Å². The summed E-state index contributed by atoms with van der Waals surface area (Å²) >= 11 is 0. The van der Waals surface area contributed by atoms with Gasteiger partial charge < -0.3 is 9.64 Å². The van der Waals surface area contributed by atoms with Crippen LogP contribution < -0.4 is 4.74 Å². The number of methoxy groups -OCH3 is 1. The van der Waals surface area contributed by atoms with E-state index < -0.39 is 16.7 Å². The maximum absolute atomic E-state index is 13.0. The first-order valence-electron chi connectivity index (χ1n) is 9.69. The largest absolute Gasteiger partial charge is 0.496 e. The third kappa shape index (κ3) is 5.52. The first-order chi connectivity index (χ1) is 14.7. The molecule has 1 fully saturated rings. The topological polar surface area (TPSA) is 75.9 Å². The number of hydrogen-bond acceptors (Lipinski definition) is 5. The van der Waals surface area contributed by atoms with Gasteiger partial charge >= 0.3 is 6.18 Å². The standard InChI is InChI=1S/C21H22F3N3O4/c1-31-19-8-7-17(27(29)30)13-18(19)20(28)26-10-2-9-25(11-12-26)14-15-3-5-16(6-4-15)21(22,23)24/h3-8,13H,2,9-12,14H2,1H3. The lowest BCUT2D eigenvalue weighted by Gasteiger charge is -2.23. The Bertz CT molecular complexity index is 948. The second-order valence-corrected chi connectivity index (χ2v) is 7.26. The molecule has 0 unspecified atom stereocenters. The highest BCUT2D eigenvalue weighted by atomic mass is 19.4. The van der Waals surface area contributed by atoms with Crippen LogP contribution in [-0.4, -0.2) is 53.9 Å². The van der Waals surface area contributed by atoms with E-state index in [0.717, 1.165) is 17.7 Å². The summed E-state index contributed by atoms with van der Waals surface area (Å²) in [4.78, 5) is 27.2. The molecule has 0 N–H and O–H groups in total. The molecule has 166 valence electrons. The highest BCUT2D eigenvalue weighted by molar-refractivity contribution is 5.97. The molecule has 0 aromatic heterocycles.